The Balaban J connectivity index is 1.10. The quantitative estimate of drug-likeness (QED) is 0.181. The summed E-state index contributed by atoms with van der Waals surface area (Å²) in [6.45, 7) is 2.76. The van der Waals surface area contributed by atoms with Crippen LogP contribution in [0.4, 0.5) is 4.39 Å². The molecule has 0 radical (unpaired) electrons. The Kier molecular flexibility index (Phi) is 8.32. The van der Waals surface area contributed by atoms with Crippen molar-refractivity contribution in [3.05, 3.63) is 94.8 Å². The molecular formula is C30H25FO6. The van der Waals surface area contributed by atoms with Gasteiger partial charge in [-0.25, -0.2) is 4.39 Å². The maximum atomic E-state index is 14.4. The molecule has 0 aromatic heterocycles. The van der Waals surface area contributed by atoms with E-state index in [1.807, 2.05) is 48.5 Å². The maximum absolute atomic E-state index is 14.4. The zero-order valence-corrected chi connectivity index (χ0v) is 20.1. The van der Waals surface area contributed by atoms with Crippen LogP contribution in [0.3, 0.4) is 0 Å². The molecule has 0 N–H and O–H groups in total. The van der Waals surface area contributed by atoms with Crippen molar-refractivity contribution < 1.29 is 32.8 Å². The molecule has 2 aliphatic heterocycles. The van der Waals surface area contributed by atoms with Gasteiger partial charge >= 0.3 is 0 Å². The Morgan fingerprint density at radius 2 is 1.11 bits per heavy atom. The van der Waals surface area contributed by atoms with Crippen LogP contribution in [0.15, 0.2) is 66.7 Å². The molecule has 2 aliphatic rings. The molecule has 7 heteroatoms. The number of rotatable bonds is 10. The Bertz CT molecular complexity index is 1310. The smallest absolute Gasteiger partial charge is 0.189 e. The lowest BCUT2D eigenvalue weighted by atomic mass is 10.1. The molecule has 5 rings (SSSR count). The fraction of sp³-hybridized carbons (Fsp3) is 0.267. The standard InChI is InChI=1S/C30H25FO6/c31-30-15-27(37-21-33-17-29-19-35-29)14-11-25(30)10-7-23-4-1-22(2-5-23)3-6-24-8-12-26(13-9-24)36-20-32-16-28-18-34-28/h1-2,4-5,8-9,11-15,28-29H,16-21H2. The summed E-state index contributed by atoms with van der Waals surface area (Å²) in [5.41, 5.74) is 2.78. The van der Waals surface area contributed by atoms with Gasteiger partial charge in [0.05, 0.1) is 32.0 Å². The summed E-state index contributed by atoms with van der Waals surface area (Å²) in [4.78, 5) is 0. The van der Waals surface area contributed by atoms with Gasteiger partial charge in [0.2, 0.25) is 0 Å². The predicted molar refractivity (Wildman–Crippen MR) is 134 cm³/mol. The normalized spacial score (nSPS) is 17.1. The predicted octanol–water partition coefficient (Wildman–Crippen LogP) is 4.13. The van der Waals surface area contributed by atoms with Gasteiger partial charge in [-0.1, -0.05) is 23.7 Å². The fourth-order valence-electron chi connectivity index (χ4n) is 3.15. The van der Waals surface area contributed by atoms with E-state index >= 15 is 0 Å². The van der Waals surface area contributed by atoms with Crippen molar-refractivity contribution in [3.63, 3.8) is 0 Å². The van der Waals surface area contributed by atoms with Gasteiger partial charge in [0.15, 0.2) is 13.6 Å². The molecular weight excluding hydrogens is 475 g/mol. The van der Waals surface area contributed by atoms with Crippen LogP contribution in [0, 0.1) is 29.5 Å². The Hall–Kier alpha value is -3.85. The number of hydrogen-bond donors (Lipinski definition) is 0. The molecule has 6 nitrogen and oxygen atoms in total. The monoisotopic (exact) mass is 500 g/mol. The van der Waals surface area contributed by atoms with Crippen molar-refractivity contribution in [2.24, 2.45) is 0 Å². The van der Waals surface area contributed by atoms with E-state index < -0.39 is 5.82 Å². The fourth-order valence-corrected chi connectivity index (χ4v) is 3.15. The van der Waals surface area contributed by atoms with Crippen molar-refractivity contribution in [1.82, 2.24) is 0 Å². The molecule has 37 heavy (non-hydrogen) atoms. The SMILES string of the molecule is Fc1cc(OCOCC2CO2)ccc1C#Cc1ccc(C#Cc2ccc(OCOCC3CO3)cc2)cc1. The second-order valence-corrected chi connectivity index (χ2v) is 8.42. The Morgan fingerprint density at radius 1 is 0.649 bits per heavy atom. The summed E-state index contributed by atoms with van der Waals surface area (Å²) < 4.78 is 46.1. The van der Waals surface area contributed by atoms with E-state index in [-0.39, 0.29) is 25.8 Å². The molecule has 0 saturated carbocycles. The number of epoxide rings is 2. The molecule has 0 bridgehead atoms. The van der Waals surface area contributed by atoms with Gasteiger partial charge in [-0.2, -0.15) is 0 Å². The van der Waals surface area contributed by atoms with Crippen LogP contribution in [-0.2, 0) is 18.9 Å². The van der Waals surface area contributed by atoms with Crippen LogP contribution in [-0.4, -0.2) is 52.2 Å². The highest BCUT2D eigenvalue weighted by Crippen LogP contribution is 2.17. The molecule has 2 fully saturated rings. The summed E-state index contributed by atoms with van der Waals surface area (Å²) in [6.07, 6.45) is 0.387. The van der Waals surface area contributed by atoms with Gasteiger partial charge < -0.3 is 28.4 Å². The highest BCUT2D eigenvalue weighted by molar-refractivity contribution is 5.49. The van der Waals surface area contributed by atoms with E-state index in [0.717, 1.165) is 35.7 Å². The van der Waals surface area contributed by atoms with E-state index in [1.54, 1.807) is 12.1 Å². The van der Waals surface area contributed by atoms with Crippen LogP contribution in [0.1, 0.15) is 22.3 Å². The van der Waals surface area contributed by atoms with E-state index in [0.29, 0.717) is 24.5 Å². The topological polar surface area (TPSA) is 62.0 Å². The molecule has 0 amide bonds. The summed E-state index contributed by atoms with van der Waals surface area (Å²) in [5, 5.41) is 0. The minimum Gasteiger partial charge on any atom is -0.468 e. The van der Waals surface area contributed by atoms with Crippen molar-refractivity contribution in [2.45, 2.75) is 12.2 Å². The number of hydrogen-bond acceptors (Lipinski definition) is 6. The van der Waals surface area contributed by atoms with Crippen molar-refractivity contribution in [3.8, 4) is 35.2 Å². The first kappa shape index (κ1) is 24.8. The molecule has 188 valence electrons. The third-order valence-corrected chi connectivity index (χ3v) is 5.40. The van der Waals surface area contributed by atoms with Gasteiger partial charge in [-0.3, -0.25) is 0 Å². The lowest BCUT2D eigenvalue weighted by molar-refractivity contribution is 0.00800. The van der Waals surface area contributed by atoms with E-state index in [2.05, 4.69) is 23.7 Å². The van der Waals surface area contributed by atoms with Gasteiger partial charge in [0.25, 0.3) is 0 Å². The van der Waals surface area contributed by atoms with Crippen LogP contribution >= 0.6 is 0 Å². The Morgan fingerprint density at radius 3 is 1.62 bits per heavy atom. The first-order valence-electron chi connectivity index (χ1n) is 11.9. The van der Waals surface area contributed by atoms with E-state index in [1.165, 1.54) is 6.07 Å². The minimum atomic E-state index is -0.449. The van der Waals surface area contributed by atoms with E-state index in [4.69, 9.17) is 28.4 Å². The molecule has 2 heterocycles. The van der Waals surface area contributed by atoms with Crippen LogP contribution in [0.5, 0.6) is 11.5 Å². The number of benzene rings is 3. The third kappa shape index (κ3) is 8.35. The lowest BCUT2D eigenvalue weighted by Gasteiger charge is -2.06. The minimum absolute atomic E-state index is 0.0472. The van der Waals surface area contributed by atoms with Crippen molar-refractivity contribution in [1.29, 1.82) is 0 Å². The zero-order chi connectivity index (χ0) is 25.3. The second kappa shape index (κ2) is 12.4. The average Bonchev–Trinajstić information content (AvgIpc) is 3.85. The van der Waals surface area contributed by atoms with Gasteiger partial charge in [-0.15, -0.1) is 0 Å². The average molecular weight is 501 g/mol. The highest BCUT2D eigenvalue weighted by atomic mass is 19.1. The summed E-state index contributed by atoms with van der Waals surface area (Å²) in [7, 11) is 0. The molecule has 0 aliphatic carbocycles. The van der Waals surface area contributed by atoms with Gasteiger partial charge in [0, 0.05) is 22.8 Å². The number of halogens is 1. The zero-order valence-electron chi connectivity index (χ0n) is 20.1. The molecule has 2 atom stereocenters. The summed E-state index contributed by atoms with van der Waals surface area (Å²) in [6, 6.07) is 19.6. The second-order valence-electron chi connectivity index (χ2n) is 8.42. The Labute approximate surface area is 215 Å². The first-order valence-corrected chi connectivity index (χ1v) is 11.9. The molecule has 2 saturated heterocycles. The first-order chi connectivity index (χ1) is 18.2. The molecule has 0 spiro atoms. The summed E-state index contributed by atoms with van der Waals surface area (Å²) in [5.74, 6) is 12.8. The third-order valence-electron chi connectivity index (χ3n) is 5.40. The summed E-state index contributed by atoms with van der Waals surface area (Å²) >= 11 is 0. The van der Waals surface area contributed by atoms with Crippen molar-refractivity contribution in [2.75, 3.05) is 40.0 Å². The van der Waals surface area contributed by atoms with Crippen LogP contribution < -0.4 is 9.47 Å². The molecule has 3 aromatic carbocycles. The van der Waals surface area contributed by atoms with Crippen molar-refractivity contribution >= 4 is 0 Å². The largest absolute Gasteiger partial charge is 0.468 e. The molecule has 3 aromatic rings. The van der Waals surface area contributed by atoms with Gasteiger partial charge in [0.1, 0.15) is 29.5 Å². The highest BCUT2D eigenvalue weighted by Gasteiger charge is 2.22. The lowest BCUT2D eigenvalue weighted by Crippen LogP contribution is -2.07. The molecule has 2 unspecified atom stereocenters. The maximum Gasteiger partial charge on any atom is 0.189 e. The van der Waals surface area contributed by atoms with Crippen LogP contribution in [0.2, 0.25) is 0 Å². The number of ether oxygens (including phenoxy) is 6. The van der Waals surface area contributed by atoms with Gasteiger partial charge in [-0.05, 0) is 60.7 Å². The van der Waals surface area contributed by atoms with Crippen LogP contribution in [0.25, 0.3) is 0 Å². The van der Waals surface area contributed by atoms with E-state index in [9.17, 15) is 4.39 Å².